The Hall–Kier alpha value is -0.910. The predicted octanol–water partition coefficient (Wildman–Crippen LogP) is 2.03. The molecule has 1 aliphatic rings. The lowest BCUT2D eigenvalue weighted by molar-refractivity contribution is -0.122. The van der Waals surface area contributed by atoms with Gasteiger partial charge in [0.25, 0.3) is 0 Å². The second-order valence-corrected chi connectivity index (χ2v) is 7.22. The van der Waals surface area contributed by atoms with Crippen LogP contribution in [0.5, 0.6) is 0 Å². The van der Waals surface area contributed by atoms with Gasteiger partial charge in [-0.15, -0.1) is 11.3 Å². The van der Waals surface area contributed by atoms with Gasteiger partial charge in [-0.25, -0.2) is 0 Å². The van der Waals surface area contributed by atoms with Gasteiger partial charge in [0.15, 0.2) is 0 Å². The van der Waals surface area contributed by atoms with Gasteiger partial charge in [0.2, 0.25) is 5.91 Å². The summed E-state index contributed by atoms with van der Waals surface area (Å²) in [6.45, 7) is 10.8. The molecule has 1 aromatic heterocycles. The number of thiophene rings is 1. The standard InChI is InChI=1S/C16H27N3OS/c1-14(2)11-17-16(20)13-19-7-4-6-18(8-9-19)12-15-5-3-10-21-15/h3,5,10,14H,4,6-9,11-13H2,1-2H3,(H,17,20). The van der Waals surface area contributed by atoms with Crippen molar-refractivity contribution in [3.8, 4) is 0 Å². The molecule has 4 nitrogen and oxygen atoms in total. The molecule has 0 aliphatic carbocycles. The SMILES string of the molecule is CC(C)CNC(=O)CN1CCCN(Cc2cccs2)CC1. The highest BCUT2D eigenvalue weighted by atomic mass is 32.1. The number of nitrogens with zero attached hydrogens (tertiary/aromatic N) is 2. The third-order valence-electron chi connectivity index (χ3n) is 3.72. The van der Waals surface area contributed by atoms with Crippen LogP contribution in [0.1, 0.15) is 25.1 Å². The predicted molar refractivity (Wildman–Crippen MR) is 88.5 cm³/mol. The summed E-state index contributed by atoms with van der Waals surface area (Å²) in [5.41, 5.74) is 0. The van der Waals surface area contributed by atoms with Crippen LogP contribution in [0, 0.1) is 5.92 Å². The fourth-order valence-corrected chi connectivity index (χ4v) is 3.29. The number of carbonyl (C=O) groups is 1. The maximum atomic E-state index is 11.9. The normalized spacial score (nSPS) is 17.9. The van der Waals surface area contributed by atoms with Crippen molar-refractivity contribution in [2.75, 3.05) is 39.3 Å². The molecule has 1 N–H and O–H groups in total. The Morgan fingerprint density at radius 2 is 2.05 bits per heavy atom. The van der Waals surface area contributed by atoms with E-state index in [0.29, 0.717) is 12.5 Å². The van der Waals surface area contributed by atoms with E-state index < -0.39 is 0 Å². The van der Waals surface area contributed by atoms with Gasteiger partial charge in [0, 0.05) is 31.1 Å². The molecule has 0 bridgehead atoms. The van der Waals surface area contributed by atoms with E-state index >= 15 is 0 Å². The van der Waals surface area contributed by atoms with E-state index in [2.05, 4.69) is 46.5 Å². The molecule has 5 heteroatoms. The third kappa shape index (κ3) is 6.16. The van der Waals surface area contributed by atoms with Crippen molar-refractivity contribution in [3.05, 3.63) is 22.4 Å². The highest BCUT2D eigenvalue weighted by Crippen LogP contribution is 2.13. The molecule has 0 spiro atoms. The number of hydrogen-bond donors (Lipinski definition) is 1. The van der Waals surface area contributed by atoms with Crippen LogP contribution in [0.4, 0.5) is 0 Å². The quantitative estimate of drug-likeness (QED) is 0.873. The molecule has 1 aliphatic heterocycles. The minimum atomic E-state index is 0.162. The van der Waals surface area contributed by atoms with Crippen LogP contribution in [0.25, 0.3) is 0 Å². The van der Waals surface area contributed by atoms with Gasteiger partial charge in [-0.1, -0.05) is 19.9 Å². The van der Waals surface area contributed by atoms with E-state index in [-0.39, 0.29) is 5.91 Å². The topological polar surface area (TPSA) is 35.6 Å². The van der Waals surface area contributed by atoms with Gasteiger partial charge in [0.05, 0.1) is 6.54 Å². The van der Waals surface area contributed by atoms with Crippen molar-refractivity contribution in [1.29, 1.82) is 0 Å². The Balaban J connectivity index is 1.71. The van der Waals surface area contributed by atoms with E-state index in [0.717, 1.165) is 45.7 Å². The first-order valence-corrected chi connectivity index (χ1v) is 8.75. The monoisotopic (exact) mass is 309 g/mol. The lowest BCUT2D eigenvalue weighted by Gasteiger charge is -2.21. The Kier molecular flexibility index (Phi) is 6.67. The number of rotatable bonds is 6. The van der Waals surface area contributed by atoms with Gasteiger partial charge < -0.3 is 5.32 Å². The van der Waals surface area contributed by atoms with Gasteiger partial charge in [0.1, 0.15) is 0 Å². The average Bonchev–Trinajstić information content (AvgIpc) is 2.85. The molecule has 0 atom stereocenters. The smallest absolute Gasteiger partial charge is 0.234 e. The van der Waals surface area contributed by atoms with E-state index in [9.17, 15) is 4.79 Å². The minimum absolute atomic E-state index is 0.162. The zero-order chi connectivity index (χ0) is 15.1. The molecule has 0 saturated carbocycles. The molecular weight excluding hydrogens is 282 g/mol. The number of nitrogens with one attached hydrogen (secondary N) is 1. The molecular formula is C16H27N3OS. The molecule has 2 heterocycles. The first-order valence-electron chi connectivity index (χ1n) is 7.87. The molecule has 0 radical (unpaired) electrons. The Bertz CT molecular complexity index is 419. The average molecular weight is 309 g/mol. The van der Waals surface area contributed by atoms with Gasteiger partial charge in [-0.05, 0) is 36.9 Å². The summed E-state index contributed by atoms with van der Waals surface area (Å²) in [6, 6.07) is 4.32. The van der Waals surface area contributed by atoms with Crippen molar-refractivity contribution in [3.63, 3.8) is 0 Å². The maximum Gasteiger partial charge on any atom is 0.234 e. The van der Waals surface area contributed by atoms with E-state index in [1.54, 1.807) is 0 Å². The molecule has 21 heavy (non-hydrogen) atoms. The molecule has 1 saturated heterocycles. The zero-order valence-electron chi connectivity index (χ0n) is 13.2. The van der Waals surface area contributed by atoms with Crippen LogP contribution < -0.4 is 5.32 Å². The Morgan fingerprint density at radius 1 is 1.29 bits per heavy atom. The van der Waals surface area contributed by atoms with Crippen molar-refractivity contribution in [1.82, 2.24) is 15.1 Å². The molecule has 1 fully saturated rings. The molecule has 1 amide bonds. The summed E-state index contributed by atoms with van der Waals surface area (Å²) >= 11 is 1.82. The molecule has 118 valence electrons. The lowest BCUT2D eigenvalue weighted by atomic mass is 10.2. The summed E-state index contributed by atoms with van der Waals surface area (Å²) in [5, 5.41) is 5.14. The number of amides is 1. The maximum absolute atomic E-state index is 11.9. The van der Waals surface area contributed by atoms with Crippen LogP contribution in [-0.2, 0) is 11.3 Å². The Morgan fingerprint density at radius 3 is 2.76 bits per heavy atom. The minimum Gasteiger partial charge on any atom is -0.355 e. The second kappa shape index (κ2) is 8.51. The lowest BCUT2D eigenvalue weighted by Crippen LogP contribution is -2.40. The summed E-state index contributed by atoms with van der Waals surface area (Å²) < 4.78 is 0. The zero-order valence-corrected chi connectivity index (χ0v) is 14.0. The van der Waals surface area contributed by atoms with E-state index in [1.807, 2.05) is 11.3 Å². The summed E-state index contributed by atoms with van der Waals surface area (Å²) in [4.78, 5) is 18.1. The summed E-state index contributed by atoms with van der Waals surface area (Å²) in [5.74, 6) is 0.676. The van der Waals surface area contributed by atoms with Crippen LogP contribution in [0.15, 0.2) is 17.5 Å². The first kappa shape index (κ1) is 16.5. The second-order valence-electron chi connectivity index (χ2n) is 6.18. The van der Waals surface area contributed by atoms with E-state index in [1.165, 1.54) is 4.88 Å². The molecule has 0 aromatic carbocycles. The van der Waals surface area contributed by atoms with Crippen LogP contribution >= 0.6 is 11.3 Å². The van der Waals surface area contributed by atoms with Crippen molar-refractivity contribution in [2.24, 2.45) is 5.92 Å². The molecule has 0 unspecified atom stereocenters. The summed E-state index contributed by atoms with van der Waals surface area (Å²) in [7, 11) is 0. The molecule has 1 aromatic rings. The molecule has 2 rings (SSSR count). The van der Waals surface area contributed by atoms with Crippen LogP contribution in [0.3, 0.4) is 0 Å². The largest absolute Gasteiger partial charge is 0.355 e. The summed E-state index contributed by atoms with van der Waals surface area (Å²) in [6.07, 6.45) is 1.14. The Labute approximate surface area is 132 Å². The fourth-order valence-electron chi connectivity index (χ4n) is 2.54. The van der Waals surface area contributed by atoms with Gasteiger partial charge >= 0.3 is 0 Å². The van der Waals surface area contributed by atoms with Gasteiger partial charge in [-0.2, -0.15) is 0 Å². The fraction of sp³-hybridized carbons (Fsp3) is 0.688. The third-order valence-corrected chi connectivity index (χ3v) is 4.58. The van der Waals surface area contributed by atoms with E-state index in [4.69, 9.17) is 0 Å². The first-order chi connectivity index (χ1) is 10.1. The number of hydrogen-bond acceptors (Lipinski definition) is 4. The van der Waals surface area contributed by atoms with Gasteiger partial charge in [-0.3, -0.25) is 14.6 Å². The highest BCUT2D eigenvalue weighted by molar-refractivity contribution is 7.09. The van der Waals surface area contributed by atoms with Crippen LogP contribution in [0.2, 0.25) is 0 Å². The van der Waals surface area contributed by atoms with Crippen molar-refractivity contribution in [2.45, 2.75) is 26.8 Å². The number of carbonyl (C=O) groups excluding carboxylic acids is 1. The van der Waals surface area contributed by atoms with Crippen LogP contribution in [-0.4, -0.2) is 55.0 Å². The highest BCUT2D eigenvalue weighted by Gasteiger charge is 2.17. The van der Waals surface area contributed by atoms with Crippen molar-refractivity contribution >= 4 is 17.2 Å². The van der Waals surface area contributed by atoms with Crippen molar-refractivity contribution < 1.29 is 4.79 Å².